The van der Waals surface area contributed by atoms with Crippen LogP contribution in [0.15, 0.2) is 22.7 Å². The fraction of sp³-hybridized carbons (Fsp3) is 0.500. The van der Waals surface area contributed by atoms with E-state index in [4.69, 9.17) is 4.52 Å². The Kier molecular flexibility index (Phi) is 5.96. The standard InChI is InChI=1S/C20H27N5O3/c1-11(2)9-17(26)22-15-8-5-12(3)16(10-15)23-20(27)21-13(4)19-24-18(25-28-19)14-6-7-14/h5,8,10-11,13-14H,6-7,9H2,1-4H3,(H,22,26)(H2,21,23,27). The maximum atomic E-state index is 12.4. The summed E-state index contributed by atoms with van der Waals surface area (Å²) >= 11 is 0. The van der Waals surface area contributed by atoms with Crippen molar-refractivity contribution in [1.29, 1.82) is 0 Å². The highest BCUT2D eigenvalue weighted by molar-refractivity contribution is 5.94. The first-order chi connectivity index (χ1) is 13.3. The molecule has 0 bridgehead atoms. The highest BCUT2D eigenvalue weighted by atomic mass is 16.5. The fourth-order valence-corrected chi connectivity index (χ4v) is 2.76. The molecule has 3 amide bonds. The van der Waals surface area contributed by atoms with Crippen LogP contribution in [-0.2, 0) is 4.79 Å². The number of hydrogen-bond acceptors (Lipinski definition) is 5. The molecule has 3 N–H and O–H groups in total. The van der Waals surface area contributed by atoms with E-state index in [-0.39, 0.29) is 17.9 Å². The molecule has 0 saturated heterocycles. The molecule has 0 spiro atoms. The van der Waals surface area contributed by atoms with Crippen molar-refractivity contribution in [2.24, 2.45) is 5.92 Å². The monoisotopic (exact) mass is 385 g/mol. The third-order valence-electron chi connectivity index (χ3n) is 4.48. The van der Waals surface area contributed by atoms with Gasteiger partial charge < -0.3 is 20.5 Å². The Morgan fingerprint density at radius 2 is 1.96 bits per heavy atom. The lowest BCUT2D eigenvalue weighted by atomic mass is 10.1. The number of nitrogens with zero attached hydrogens (tertiary/aromatic N) is 2. The summed E-state index contributed by atoms with van der Waals surface area (Å²) in [5.74, 6) is 1.73. The van der Waals surface area contributed by atoms with Crippen LogP contribution < -0.4 is 16.0 Å². The summed E-state index contributed by atoms with van der Waals surface area (Å²) in [5, 5.41) is 12.4. The van der Waals surface area contributed by atoms with Crippen LogP contribution in [0, 0.1) is 12.8 Å². The molecule has 2 aromatic rings. The molecule has 1 unspecified atom stereocenters. The largest absolute Gasteiger partial charge is 0.337 e. The first kappa shape index (κ1) is 19.9. The highest BCUT2D eigenvalue weighted by Gasteiger charge is 2.29. The number of rotatable bonds is 7. The average molecular weight is 385 g/mol. The van der Waals surface area contributed by atoms with E-state index in [0.29, 0.717) is 35.4 Å². The van der Waals surface area contributed by atoms with Gasteiger partial charge in [0.15, 0.2) is 5.82 Å². The molecule has 1 aliphatic carbocycles. The van der Waals surface area contributed by atoms with Crippen LogP contribution in [0.3, 0.4) is 0 Å². The maximum Gasteiger partial charge on any atom is 0.319 e. The molecule has 8 heteroatoms. The number of urea groups is 1. The maximum absolute atomic E-state index is 12.4. The average Bonchev–Trinajstić information content (AvgIpc) is 3.33. The van der Waals surface area contributed by atoms with Crippen LogP contribution in [0.25, 0.3) is 0 Å². The molecule has 3 rings (SSSR count). The van der Waals surface area contributed by atoms with Crippen LogP contribution in [0.2, 0.25) is 0 Å². The fourth-order valence-electron chi connectivity index (χ4n) is 2.76. The lowest BCUT2D eigenvalue weighted by Crippen LogP contribution is -2.31. The quantitative estimate of drug-likeness (QED) is 0.664. The summed E-state index contributed by atoms with van der Waals surface area (Å²) in [6.45, 7) is 7.66. The minimum absolute atomic E-state index is 0.0502. The molecule has 0 aliphatic heterocycles. The number of nitrogens with one attached hydrogen (secondary N) is 3. The summed E-state index contributed by atoms with van der Waals surface area (Å²) in [7, 11) is 0. The van der Waals surface area contributed by atoms with E-state index in [9.17, 15) is 9.59 Å². The number of benzene rings is 1. The number of aryl methyl sites for hydroxylation is 1. The molecule has 28 heavy (non-hydrogen) atoms. The van der Waals surface area contributed by atoms with E-state index >= 15 is 0 Å². The molecule has 1 saturated carbocycles. The zero-order valence-electron chi connectivity index (χ0n) is 16.7. The van der Waals surface area contributed by atoms with Crippen LogP contribution >= 0.6 is 0 Å². The van der Waals surface area contributed by atoms with Crippen molar-refractivity contribution in [3.05, 3.63) is 35.5 Å². The highest BCUT2D eigenvalue weighted by Crippen LogP contribution is 2.38. The lowest BCUT2D eigenvalue weighted by molar-refractivity contribution is -0.116. The summed E-state index contributed by atoms with van der Waals surface area (Å²) in [5.41, 5.74) is 2.15. The molecule has 8 nitrogen and oxygen atoms in total. The number of carbonyl (C=O) groups is 2. The topological polar surface area (TPSA) is 109 Å². The van der Waals surface area contributed by atoms with E-state index in [1.807, 2.05) is 32.9 Å². The molecule has 1 aromatic carbocycles. The SMILES string of the molecule is Cc1ccc(NC(=O)CC(C)C)cc1NC(=O)NC(C)c1nc(C2CC2)no1. The van der Waals surface area contributed by atoms with E-state index < -0.39 is 6.04 Å². The summed E-state index contributed by atoms with van der Waals surface area (Å²) in [6, 6.07) is 4.62. The van der Waals surface area contributed by atoms with Crippen LogP contribution in [0.5, 0.6) is 0 Å². The second-order valence-corrected chi connectivity index (χ2v) is 7.76. The molecule has 1 heterocycles. The molecular weight excluding hydrogens is 358 g/mol. The van der Waals surface area contributed by atoms with Gasteiger partial charge in [0.05, 0.1) is 0 Å². The first-order valence-corrected chi connectivity index (χ1v) is 9.63. The van der Waals surface area contributed by atoms with Gasteiger partial charge in [-0.2, -0.15) is 4.98 Å². The van der Waals surface area contributed by atoms with Crippen LogP contribution in [0.1, 0.15) is 69.3 Å². The van der Waals surface area contributed by atoms with Gasteiger partial charge in [-0.25, -0.2) is 4.79 Å². The van der Waals surface area contributed by atoms with Gasteiger partial charge in [0.25, 0.3) is 0 Å². The molecule has 1 aromatic heterocycles. The molecule has 1 atom stereocenters. The predicted octanol–water partition coefficient (Wildman–Crippen LogP) is 4.12. The zero-order valence-corrected chi connectivity index (χ0v) is 16.7. The molecule has 150 valence electrons. The van der Waals surface area contributed by atoms with Gasteiger partial charge in [0.1, 0.15) is 6.04 Å². The molecule has 1 fully saturated rings. The Morgan fingerprint density at radius 3 is 2.64 bits per heavy atom. The second-order valence-electron chi connectivity index (χ2n) is 7.76. The lowest BCUT2D eigenvalue weighted by Gasteiger charge is -2.14. The van der Waals surface area contributed by atoms with E-state index in [2.05, 4.69) is 26.1 Å². The third-order valence-corrected chi connectivity index (χ3v) is 4.48. The smallest absolute Gasteiger partial charge is 0.319 e. The Bertz CT molecular complexity index is 857. The Balaban J connectivity index is 1.59. The van der Waals surface area contributed by atoms with Gasteiger partial charge in [-0.1, -0.05) is 25.1 Å². The minimum atomic E-state index is -0.408. The van der Waals surface area contributed by atoms with Gasteiger partial charge in [0, 0.05) is 23.7 Å². The summed E-state index contributed by atoms with van der Waals surface area (Å²) in [4.78, 5) is 28.7. The molecular formula is C20H27N5O3. The summed E-state index contributed by atoms with van der Waals surface area (Å²) < 4.78 is 5.25. The van der Waals surface area contributed by atoms with Gasteiger partial charge in [-0.05, 0) is 50.3 Å². The number of amides is 3. The van der Waals surface area contributed by atoms with Crippen molar-refractivity contribution in [3.63, 3.8) is 0 Å². The number of aromatic nitrogens is 2. The van der Waals surface area contributed by atoms with Crippen molar-refractivity contribution in [3.8, 4) is 0 Å². The van der Waals surface area contributed by atoms with Gasteiger partial charge in [-0.3, -0.25) is 4.79 Å². The van der Waals surface area contributed by atoms with Crippen molar-refractivity contribution in [1.82, 2.24) is 15.5 Å². The van der Waals surface area contributed by atoms with E-state index in [0.717, 1.165) is 18.4 Å². The number of carbonyl (C=O) groups excluding carboxylic acids is 2. The van der Waals surface area contributed by atoms with Crippen molar-refractivity contribution in [2.75, 3.05) is 10.6 Å². The van der Waals surface area contributed by atoms with Crippen molar-refractivity contribution >= 4 is 23.3 Å². The van der Waals surface area contributed by atoms with Crippen LogP contribution in [0.4, 0.5) is 16.2 Å². The van der Waals surface area contributed by atoms with E-state index in [1.54, 1.807) is 13.0 Å². The van der Waals surface area contributed by atoms with Gasteiger partial charge in [0.2, 0.25) is 11.8 Å². The molecule has 0 radical (unpaired) electrons. The van der Waals surface area contributed by atoms with Gasteiger partial charge >= 0.3 is 6.03 Å². The van der Waals surface area contributed by atoms with Crippen LogP contribution in [-0.4, -0.2) is 22.1 Å². The minimum Gasteiger partial charge on any atom is -0.337 e. The van der Waals surface area contributed by atoms with Gasteiger partial charge in [-0.15, -0.1) is 0 Å². The zero-order chi connectivity index (χ0) is 20.3. The predicted molar refractivity (Wildman–Crippen MR) is 106 cm³/mol. The Morgan fingerprint density at radius 1 is 1.21 bits per heavy atom. The number of hydrogen-bond donors (Lipinski definition) is 3. The van der Waals surface area contributed by atoms with Crippen molar-refractivity contribution in [2.45, 2.75) is 58.9 Å². The Hall–Kier alpha value is -2.90. The normalized spacial score (nSPS) is 14.6. The second kappa shape index (κ2) is 8.41. The summed E-state index contributed by atoms with van der Waals surface area (Å²) in [6.07, 6.45) is 2.62. The van der Waals surface area contributed by atoms with E-state index in [1.165, 1.54) is 0 Å². The first-order valence-electron chi connectivity index (χ1n) is 9.63. The Labute approximate surface area is 164 Å². The number of anilines is 2. The molecule has 1 aliphatic rings. The third kappa shape index (κ3) is 5.31. The van der Waals surface area contributed by atoms with Crippen molar-refractivity contribution < 1.29 is 14.1 Å².